The molecule has 0 fully saturated rings. The Balaban J connectivity index is 2.67. The molecule has 1 unspecified atom stereocenters. The molecule has 4 heteroatoms. The Labute approximate surface area is 98.4 Å². The summed E-state index contributed by atoms with van der Waals surface area (Å²) in [5.41, 5.74) is 1.45. The molecule has 0 saturated heterocycles. The van der Waals surface area contributed by atoms with Crippen molar-refractivity contribution < 1.29 is 9.53 Å². The number of aromatic amines is 1. The second-order valence-electron chi connectivity index (χ2n) is 3.57. The fourth-order valence-electron chi connectivity index (χ4n) is 1.73. The summed E-state index contributed by atoms with van der Waals surface area (Å²) in [6.45, 7) is 1.66. The van der Waals surface area contributed by atoms with Gasteiger partial charge in [0.1, 0.15) is 5.75 Å². The molecule has 16 heavy (non-hydrogen) atoms. The van der Waals surface area contributed by atoms with E-state index in [1.807, 2.05) is 18.2 Å². The van der Waals surface area contributed by atoms with E-state index < -0.39 is 5.38 Å². The molecule has 0 bridgehead atoms. The number of ether oxygens (including phenoxy) is 1. The normalized spacial score (nSPS) is 12.7. The molecule has 0 saturated carbocycles. The molecule has 1 atom stereocenters. The van der Waals surface area contributed by atoms with Gasteiger partial charge in [-0.1, -0.05) is 6.07 Å². The third kappa shape index (κ3) is 1.67. The molecule has 2 aromatic rings. The van der Waals surface area contributed by atoms with Crippen molar-refractivity contribution in [3.63, 3.8) is 0 Å². The first-order valence-electron chi connectivity index (χ1n) is 4.97. The van der Waals surface area contributed by atoms with Gasteiger partial charge in [0.2, 0.25) is 0 Å². The second-order valence-corrected chi connectivity index (χ2v) is 4.22. The molecular formula is C12H12ClNO2. The standard InChI is InChI=1S/C12H12ClNO2/c1-7(13)12(15)8-6-14-9-4-3-5-10(16-2)11(8)9/h3-7,14H,1-2H3. The number of alkyl halides is 1. The molecular weight excluding hydrogens is 226 g/mol. The van der Waals surface area contributed by atoms with Gasteiger partial charge in [-0.3, -0.25) is 4.79 Å². The number of benzene rings is 1. The summed E-state index contributed by atoms with van der Waals surface area (Å²) in [4.78, 5) is 14.9. The van der Waals surface area contributed by atoms with E-state index in [0.717, 1.165) is 10.9 Å². The van der Waals surface area contributed by atoms with E-state index in [-0.39, 0.29) is 5.78 Å². The van der Waals surface area contributed by atoms with Crippen LogP contribution in [0.2, 0.25) is 0 Å². The highest BCUT2D eigenvalue weighted by Gasteiger charge is 2.18. The maximum atomic E-state index is 11.9. The molecule has 0 radical (unpaired) electrons. The molecule has 0 amide bonds. The first-order chi connectivity index (χ1) is 7.65. The SMILES string of the molecule is COc1cccc2[nH]cc(C(=O)C(C)Cl)c12. The lowest BCUT2D eigenvalue weighted by molar-refractivity contribution is 0.0993. The smallest absolute Gasteiger partial charge is 0.182 e. The van der Waals surface area contributed by atoms with Crippen molar-refractivity contribution in [2.45, 2.75) is 12.3 Å². The zero-order valence-corrected chi connectivity index (χ0v) is 9.84. The highest BCUT2D eigenvalue weighted by atomic mass is 35.5. The number of hydrogen-bond donors (Lipinski definition) is 1. The van der Waals surface area contributed by atoms with Gasteiger partial charge in [-0.15, -0.1) is 11.6 Å². The molecule has 1 aromatic heterocycles. The Hall–Kier alpha value is -1.48. The Kier molecular flexibility index (Phi) is 2.88. The van der Waals surface area contributed by atoms with E-state index in [4.69, 9.17) is 16.3 Å². The quantitative estimate of drug-likeness (QED) is 0.659. The maximum absolute atomic E-state index is 11.9. The zero-order chi connectivity index (χ0) is 11.7. The number of halogens is 1. The van der Waals surface area contributed by atoms with Crippen molar-refractivity contribution in [2.75, 3.05) is 7.11 Å². The fraction of sp³-hybridized carbons (Fsp3) is 0.250. The monoisotopic (exact) mass is 237 g/mol. The lowest BCUT2D eigenvalue weighted by Crippen LogP contribution is -2.09. The van der Waals surface area contributed by atoms with Gasteiger partial charge >= 0.3 is 0 Å². The van der Waals surface area contributed by atoms with Crippen LogP contribution >= 0.6 is 11.6 Å². The lowest BCUT2D eigenvalue weighted by atomic mass is 10.1. The van der Waals surface area contributed by atoms with Gasteiger partial charge in [-0.2, -0.15) is 0 Å². The number of fused-ring (bicyclic) bond motifs is 1. The summed E-state index contributed by atoms with van der Waals surface area (Å²) in [5.74, 6) is 0.580. The zero-order valence-electron chi connectivity index (χ0n) is 9.08. The van der Waals surface area contributed by atoms with Crippen molar-refractivity contribution in [2.24, 2.45) is 0 Å². The summed E-state index contributed by atoms with van der Waals surface area (Å²) in [5, 5.41) is 0.256. The van der Waals surface area contributed by atoms with E-state index in [9.17, 15) is 4.79 Å². The van der Waals surface area contributed by atoms with Crippen LogP contribution in [-0.2, 0) is 0 Å². The van der Waals surface area contributed by atoms with Crippen LogP contribution in [0.5, 0.6) is 5.75 Å². The Morgan fingerprint density at radius 3 is 2.88 bits per heavy atom. The summed E-state index contributed by atoms with van der Waals surface area (Å²) < 4.78 is 5.24. The highest BCUT2D eigenvalue weighted by Crippen LogP contribution is 2.29. The first kappa shape index (κ1) is 11.0. The molecule has 0 spiro atoms. The summed E-state index contributed by atoms with van der Waals surface area (Å²) in [6, 6.07) is 5.59. The van der Waals surface area contributed by atoms with Gasteiger partial charge in [0.05, 0.1) is 17.9 Å². The fourth-order valence-corrected chi connectivity index (χ4v) is 1.85. The van der Waals surface area contributed by atoms with Crippen LogP contribution in [0.15, 0.2) is 24.4 Å². The van der Waals surface area contributed by atoms with E-state index >= 15 is 0 Å². The molecule has 0 aliphatic heterocycles. The van der Waals surface area contributed by atoms with E-state index in [1.54, 1.807) is 20.2 Å². The van der Waals surface area contributed by atoms with Crippen molar-refractivity contribution in [1.29, 1.82) is 0 Å². The maximum Gasteiger partial charge on any atom is 0.182 e. The molecule has 84 valence electrons. The number of H-pyrrole nitrogens is 1. The third-order valence-corrected chi connectivity index (χ3v) is 2.71. The molecule has 1 aromatic carbocycles. The van der Waals surface area contributed by atoms with Gasteiger partial charge in [-0.05, 0) is 19.1 Å². The van der Waals surface area contributed by atoms with Gasteiger partial charge in [0, 0.05) is 17.3 Å². The number of hydrogen-bond acceptors (Lipinski definition) is 2. The van der Waals surface area contributed by atoms with E-state index in [2.05, 4.69) is 4.98 Å². The van der Waals surface area contributed by atoms with Crippen LogP contribution in [0.3, 0.4) is 0 Å². The molecule has 0 aliphatic carbocycles. The number of carbonyl (C=O) groups excluding carboxylic acids is 1. The number of nitrogens with one attached hydrogen (secondary N) is 1. The number of Topliss-reactive ketones (excluding diaryl/α,β-unsaturated/α-hetero) is 1. The van der Waals surface area contributed by atoms with Crippen molar-refractivity contribution in [1.82, 2.24) is 4.98 Å². The van der Waals surface area contributed by atoms with Crippen molar-refractivity contribution in [3.05, 3.63) is 30.0 Å². The lowest BCUT2D eigenvalue weighted by Gasteiger charge is -2.05. The minimum absolute atomic E-state index is 0.0996. The van der Waals surface area contributed by atoms with Crippen LogP contribution < -0.4 is 4.74 Å². The number of ketones is 1. The Bertz CT molecular complexity index is 531. The second kappa shape index (κ2) is 4.18. The minimum Gasteiger partial charge on any atom is -0.496 e. The number of rotatable bonds is 3. The van der Waals surface area contributed by atoms with Crippen LogP contribution in [0.4, 0.5) is 0 Å². The first-order valence-corrected chi connectivity index (χ1v) is 5.41. The average molecular weight is 238 g/mol. The predicted octanol–water partition coefficient (Wildman–Crippen LogP) is 2.99. The average Bonchev–Trinajstić information content (AvgIpc) is 2.71. The predicted molar refractivity (Wildman–Crippen MR) is 64.5 cm³/mol. The number of carbonyl (C=O) groups is 1. The van der Waals surface area contributed by atoms with E-state index in [1.165, 1.54) is 0 Å². The van der Waals surface area contributed by atoms with Crippen molar-refractivity contribution >= 4 is 28.3 Å². The Morgan fingerprint density at radius 2 is 2.25 bits per heavy atom. The summed E-state index contributed by atoms with van der Waals surface area (Å²) in [6.07, 6.45) is 1.68. The van der Waals surface area contributed by atoms with Crippen molar-refractivity contribution in [3.8, 4) is 5.75 Å². The third-order valence-electron chi connectivity index (χ3n) is 2.51. The van der Waals surface area contributed by atoms with Gasteiger partial charge in [0.15, 0.2) is 5.78 Å². The van der Waals surface area contributed by atoms with Crippen LogP contribution in [-0.4, -0.2) is 23.3 Å². The highest BCUT2D eigenvalue weighted by molar-refractivity contribution is 6.35. The Morgan fingerprint density at radius 1 is 1.50 bits per heavy atom. The largest absolute Gasteiger partial charge is 0.496 e. The van der Waals surface area contributed by atoms with Gasteiger partial charge < -0.3 is 9.72 Å². The molecule has 1 heterocycles. The van der Waals surface area contributed by atoms with Gasteiger partial charge in [0.25, 0.3) is 0 Å². The summed E-state index contributed by atoms with van der Waals surface area (Å²) in [7, 11) is 1.58. The van der Waals surface area contributed by atoms with Gasteiger partial charge in [-0.25, -0.2) is 0 Å². The topological polar surface area (TPSA) is 42.1 Å². The van der Waals surface area contributed by atoms with Crippen LogP contribution in [0, 0.1) is 0 Å². The molecule has 3 nitrogen and oxygen atoms in total. The molecule has 0 aliphatic rings. The number of aromatic nitrogens is 1. The van der Waals surface area contributed by atoms with Crippen LogP contribution in [0.1, 0.15) is 17.3 Å². The molecule has 2 rings (SSSR count). The molecule has 1 N–H and O–H groups in total. The summed E-state index contributed by atoms with van der Waals surface area (Å²) >= 11 is 5.81. The number of methoxy groups -OCH3 is 1. The minimum atomic E-state index is -0.538. The van der Waals surface area contributed by atoms with Crippen LogP contribution in [0.25, 0.3) is 10.9 Å². The van der Waals surface area contributed by atoms with E-state index in [0.29, 0.717) is 11.3 Å².